The summed E-state index contributed by atoms with van der Waals surface area (Å²) in [4.78, 5) is 24.4. The number of hydrogen-bond donors (Lipinski definition) is 0. The van der Waals surface area contributed by atoms with Gasteiger partial charge in [0.1, 0.15) is 11.6 Å². The predicted molar refractivity (Wildman–Crippen MR) is 93.3 cm³/mol. The number of benzene rings is 1. The second kappa shape index (κ2) is 7.00. The predicted octanol–water partition coefficient (Wildman–Crippen LogP) is 4.17. The van der Waals surface area contributed by atoms with E-state index in [0.29, 0.717) is 17.0 Å². The summed E-state index contributed by atoms with van der Waals surface area (Å²) in [5.41, 5.74) is 2.73. The molecule has 0 aliphatic rings. The van der Waals surface area contributed by atoms with Gasteiger partial charge in [-0.05, 0) is 63.2 Å². The van der Waals surface area contributed by atoms with Crippen molar-refractivity contribution in [3.63, 3.8) is 0 Å². The number of rotatable bonds is 5. The summed E-state index contributed by atoms with van der Waals surface area (Å²) < 4.78 is 25.2. The van der Waals surface area contributed by atoms with Crippen LogP contribution in [0.2, 0.25) is 0 Å². The maximum Gasteiger partial charge on any atom is 0.374 e. The first-order valence-corrected chi connectivity index (χ1v) is 8.08. The number of esters is 1. The van der Waals surface area contributed by atoms with Gasteiger partial charge in [0.2, 0.25) is 11.5 Å². The van der Waals surface area contributed by atoms with Crippen molar-refractivity contribution in [3.05, 3.63) is 76.8 Å². The molecule has 0 unspecified atom stereocenters. The fourth-order valence-corrected chi connectivity index (χ4v) is 2.86. The lowest BCUT2D eigenvalue weighted by atomic mass is 10.1. The average Bonchev–Trinajstić information content (AvgIpc) is 3.17. The number of halogens is 1. The zero-order valence-corrected chi connectivity index (χ0v) is 14.7. The highest BCUT2D eigenvalue weighted by Crippen LogP contribution is 2.21. The van der Waals surface area contributed by atoms with Gasteiger partial charge < -0.3 is 13.7 Å². The second-order valence-corrected chi connectivity index (χ2v) is 6.01. The Bertz CT molecular complexity index is 966. The fraction of sp³-hybridized carbons (Fsp3) is 0.200. The van der Waals surface area contributed by atoms with Crippen molar-refractivity contribution in [2.24, 2.45) is 0 Å². The van der Waals surface area contributed by atoms with Crippen LogP contribution in [0.5, 0.6) is 0 Å². The Hall–Kier alpha value is -3.15. The van der Waals surface area contributed by atoms with Gasteiger partial charge in [0, 0.05) is 22.6 Å². The number of hydrogen-bond acceptors (Lipinski definition) is 4. The van der Waals surface area contributed by atoms with Gasteiger partial charge >= 0.3 is 5.97 Å². The summed E-state index contributed by atoms with van der Waals surface area (Å²) in [6, 6.07) is 10.9. The monoisotopic (exact) mass is 355 g/mol. The van der Waals surface area contributed by atoms with Gasteiger partial charge in [0.15, 0.2) is 6.61 Å². The SMILES string of the molecule is Cc1ccc(C(=O)OCC(=O)c2cc(C)n(-c3ccc(F)cc3)c2C)o1. The third kappa shape index (κ3) is 3.44. The molecule has 0 radical (unpaired) electrons. The van der Waals surface area contributed by atoms with E-state index in [9.17, 15) is 14.0 Å². The van der Waals surface area contributed by atoms with E-state index in [0.717, 1.165) is 11.4 Å². The highest BCUT2D eigenvalue weighted by atomic mass is 19.1. The molecule has 0 N–H and O–H groups in total. The molecule has 2 aromatic heterocycles. The second-order valence-electron chi connectivity index (χ2n) is 6.01. The van der Waals surface area contributed by atoms with Crippen LogP contribution in [0.3, 0.4) is 0 Å². The summed E-state index contributed by atoms with van der Waals surface area (Å²) in [5.74, 6) is -0.673. The Morgan fingerprint density at radius 3 is 2.38 bits per heavy atom. The number of aromatic nitrogens is 1. The molecular formula is C20H18FNO4. The van der Waals surface area contributed by atoms with Crippen LogP contribution in [0.25, 0.3) is 5.69 Å². The summed E-state index contributed by atoms with van der Waals surface area (Å²) in [7, 11) is 0. The van der Waals surface area contributed by atoms with Crippen molar-refractivity contribution in [2.75, 3.05) is 6.61 Å². The van der Waals surface area contributed by atoms with Crippen LogP contribution in [-0.4, -0.2) is 22.9 Å². The average molecular weight is 355 g/mol. The van der Waals surface area contributed by atoms with Crippen LogP contribution >= 0.6 is 0 Å². The smallest absolute Gasteiger partial charge is 0.374 e. The Kier molecular flexibility index (Phi) is 4.75. The molecule has 0 atom stereocenters. The zero-order valence-electron chi connectivity index (χ0n) is 14.7. The van der Waals surface area contributed by atoms with Gasteiger partial charge in [-0.2, -0.15) is 0 Å². The molecular weight excluding hydrogens is 337 g/mol. The summed E-state index contributed by atoms with van der Waals surface area (Å²) in [6.07, 6.45) is 0. The van der Waals surface area contributed by atoms with E-state index in [1.165, 1.54) is 18.2 Å². The molecule has 6 heteroatoms. The normalized spacial score (nSPS) is 10.8. The molecule has 0 saturated carbocycles. The van der Waals surface area contributed by atoms with Crippen LogP contribution in [-0.2, 0) is 4.74 Å². The third-order valence-electron chi connectivity index (χ3n) is 4.09. The molecule has 0 bridgehead atoms. The fourth-order valence-electron chi connectivity index (χ4n) is 2.86. The lowest BCUT2D eigenvalue weighted by Gasteiger charge is -2.10. The van der Waals surface area contributed by atoms with Crippen LogP contribution in [0.15, 0.2) is 46.9 Å². The molecule has 134 valence electrons. The number of aryl methyl sites for hydroxylation is 2. The van der Waals surface area contributed by atoms with Crippen LogP contribution in [0, 0.1) is 26.6 Å². The molecule has 3 rings (SSSR count). The van der Waals surface area contributed by atoms with Crippen LogP contribution in [0.1, 0.15) is 38.1 Å². The number of carbonyl (C=O) groups excluding carboxylic acids is 2. The standard InChI is InChI=1S/C20H18FNO4/c1-12-10-17(14(3)22(12)16-7-5-15(21)6-8-16)18(23)11-25-20(24)19-9-4-13(2)26-19/h4-10H,11H2,1-3H3. The Labute approximate surface area is 150 Å². The van der Waals surface area contributed by atoms with Crippen molar-refractivity contribution in [3.8, 4) is 5.69 Å². The molecule has 0 aliphatic heterocycles. The van der Waals surface area contributed by atoms with E-state index in [1.807, 2.05) is 11.5 Å². The first-order valence-electron chi connectivity index (χ1n) is 8.08. The highest BCUT2D eigenvalue weighted by Gasteiger charge is 2.19. The van der Waals surface area contributed by atoms with Crippen LogP contribution < -0.4 is 0 Å². The molecule has 2 heterocycles. The van der Waals surface area contributed by atoms with Gasteiger partial charge in [0.05, 0.1) is 0 Å². The minimum absolute atomic E-state index is 0.0621. The zero-order chi connectivity index (χ0) is 18.8. The first kappa shape index (κ1) is 17.7. The van der Waals surface area contributed by atoms with Crippen molar-refractivity contribution < 1.29 is 23.1 Å². The topological polar surface area (TPSA) is 61.4 Å². The van der Waals surface area contributed by atoms with Crippen molar-refractivity contribution in [2.45, 2.75) is 20.8 Å². The number of ketones is 1. The molecule has 0 fully saturated rings. The van der Waals surface area contributed by atoms with Crippen molar-refractivity contribution in [1.29, 1.82) is 0 Å². The van der Waals surface area contributed by atoms with Gasteiger partial charge in [0.25, 0.3) is 0 Å². The van der Waals surface area contributed by atoms with E-state index in [1.54, 1.807) is 38.1 Å². The number of furan rings is 1. The lowest BCUT2D eigenvalue weighted by molar-refractivity contribution is 0.0442. The van der Waals surface area contributed by atoms with Gasteiger partial charge in [-0.25, -0.2) is 9.18 Å². The maximum absolute atomic E-state index is 13.1. The van der Waals surface area contributed by atoms with E-state index in [2.05, 4.69) is 0 Å². The number of nitrogens with zero attached hydrogens (tertiary/aromatic N) is 1. The van der Waals surface area contributed by atoms with Gasteiger partial charge in [-0.15, -0.1) is 0 Å². The maximum atomic E-state index is 13.1. The molecule has 5 nitrogen and oxygen atoms in total. The molecule has 0 saturated heterocycles. The minimum Gasteiger partial charge on any atom is -0.454 e. The quantitative estimate of drug-likeness (QED) is 0.509. The van der Waals surface area contributed by atoms with E-state index >= 15 is 0 Å². The summed E-state index contributed by atoms with van der Waals surface area (Å²) >= 11 is 0. The van der Waals surface area contributed by atoms with Crippen LogP contribution in [0.4, 0.5) is 4.39 Å². The molecule has 0 aliphatic carbocycles. The van der Waals surface area contributed by atoms with Crippen molar-refractivity contribution >= 4 is 11.8 Å². The molecule has 0 spiro atoms. The Balaban J connectivity index is 1.77. The molecule has 1 aromatic carbocycles. The van der Waals surface area contributed by atoms with E-state index in [4.69, 9.17) is 9.15 Å². The third-order valence-corrected chi connectivity index (χ3v) is 4.09. The Morgan fingerprint density at radius 1 is 1.08 bits per heavy atom. The van der Waals surface area contributed by atoms with E-state index < -0.39 is 5.97 Å². The molecule has 3 aromatic rings. The lowest BCUT2D eigenvalue weighted by Crippen LogP contribution is -2.14. The summed E-state index contributed by atoms with van der Waals surface area (Å²) in [5, 5.41) is 0. The Morgan fingerprint density at radius 2 is 1.77 bits per heavy atom. The molecule has 0 amide bonds. The highest BCUT2D eigenvalue weighted by molar-refractivity contribution is 6.00. The first-order chi connectivity index (χ1) is 12.4. The van der Waals surface area contributed by atoms with Gasteiger partial charge in [-0.1, -0.05) is 0 Å². The number of carbonyl (C=O) groups is 2. The minimum atomic E-state index is -0.682. The largest absolute Gasteiger partial charge is 0.454 e. The number of ether oxygens (including phenoxy) is 1. The van der Waals surface area contributed by atoms with Gasteiger partial charge in [-0.3, -0.25) is 4.79 Å². The summed E-state index contributed by atoms with van der Waals surface area (Å²) in [6.45, 7) is 4.98. The van der Waals surface area contributed by atoms with Crippen molar-refractivity contribution in [1.82, 2.24) is 4.57 Å². The van der Waals surface area contributed by atoms with E-state index in [-0.39, 0.29) is 24.0 Å². The molecule has 26 heavy (non-hydrogen) atoms. The number of Topliss-reactive ketones (excluding diaryl/α,β-unsaturated/α-hetero) is 1.